The Labute approximate surface area is 54.6 Å². The molecule has 0 spiro atoms. The van der Waals surface area contributed by atoms with E-state index in [1.165, 1.54) is 13.0 Å². The molecule has 2 nitrogen and oxygen atoms in total. The molecular weight excluding hydrogens is 114 g/mol. The minimum atomic E-state index is 0.705. The lowest BCUT2D eigenvalue weighted by atomic mass is 10.2. The topological polar surface area (TPSA) is 29.1 Å². The van der Waals surface area contributed by atoms with Crippen molar-refractivity contribution < 1.29 is 4.79 Å². The minimum Gasteiger partial charge on any atom is -0.313 e. The van der Waals surface area contributed by atoms with E-state index in [-0.39, 0.29) is 0 Å². The van der Waals surface area contributed by atoms with E-state index in [1.54, 1.807) is 0 Å². The van der Waals surface area contributed by atoms with E-state index >= 15 is 0 Å². The van der Waals surface area contributed by atoms with Crippen LogP contribution in [0.4, 0.5) is 0 Å². The molecule has 2 heteroatoms. The molecule has 1 saturated heterocycles. The lowest BCUT2D eigenvalue weighted by molar-refractivity contribution is -0.108. The van der Waals surface area contributed by atoms with Gasteiger partial charge in [-0.15, -0.1) is 0 Å². The number of aldehydes is 1. The van der Waals surface area contributed by atoms with E-state index in [4.69, 9.17) is 0 Å². The summed E-state index contributed by atoms with van der Waals surface area (Å²) in [7, 11) is 0. The van der Waals surface area contributed by atoms with E-state index in [9.17, 15) is 4.79 Å². The highest BCUT2D eigenvalue weighted by Crippen LogP contribution is 2.46. The summed E-state index contributed by atoms with van der Waals surface area (Å²) in [6.07, 6.45) is 3.12. The number of carbonyl (C=O) groups excluding carboxylic acids is 1. The third kappa shape index (κ3) is 0.697. The average Bonchev–Trinajstić information content (AvgIpc) is 2.39. The van der Waals surface area contributed by atoms with Crippen LogP contribution in [0.2, 0.25) is 0 Å². The van der Waals surface area contributed by atoms with Gasteiger partial charge < -0.3 is 10.1 Å². The Balaban J connectivity index is 1.87. The molecule has 2 rings (SSSR count). The number of hydrogen-bond acceptors (Lipinski definition) is 2. The van der Waals surface area contributed by atoms with Gasteiger partial charge in [0.15, 0.2) is 0 Å². The third-order valence-electron chi connectivity index (χ3n) is 2.56. The first kappa shape index (κ1) is 5.42. The predicted octanol–water partition coefficient (Wildman–Crippen LogP) is 0.183. The molecule has 3 atom stereocenters. The van der Waals surface area contributed by atoms with Crippen LogP contribution in [-0.2, 0) is 4.79 Å². The Morgan fingerprint density at radius 1 is 1.67 bits per heavy atom. The number of fused-ring (bicyclic) bond motifs is 1. The molecule has 1 N–H and O–H groups in total. The standard InChI is InChI=1S/C7H11NO/c9-4-2-6-5-1-3-8-7(5)6/h4-8H,1-3H2/t5-,6?,7-/m1/s1. The Morgan fingerprint density at radius 2 is 2.56 bits per heavy atom. The first-order valence-electron chi connectivity index (χ1n) is 3.60. The van der Waals surface area contributed by atoms with Crippen LogP contribution < -0.4 is 5.32 Å². The van der Waals surface area contributed by atoms with Crippen LogP contribution in [0.5, 0.6) is 0 Å². The third-order valence-corrected chi connectivity index (χ3v) is 2.56. The highest BCUT2D eigenvalue weighted by molar-refractivity contribution is 5.51. The number of rotatable bonds is 2. The highest BCUT2D eigenvalue weighted by atomic mass is 16.1. The van der Waals surface area contributed by atoms with E-state index in [1.807, 2.05) is 0 Å². The fourth-order valence-electron chi connectivity index (χ4n) is 1.99. The smallest absolute Gasteiger partial charge is 0.120 e. The number of piperidine rings is 1. The maximum absolute atomic E-state index is 10.1. The molecule has 50 valence electrons. The van der Waals surface area contributed by atoms with Gasteiger partial charge in [0.25, 0.3) is 0 Å². The van der Waals surface area contributed by atoms with Gasteiger partial charge in [0.1, 0.15) is 6.29 Å². The molecule has 0 amide bonds. The second-order valence-corrected chi connectivity index (χ2v) is 3.00. The second-order valence-electron chi connectivity index (χ2n) is 3.00. The lowest BCUT2D eigenvalue weighted by Gasteiger charge is -1.96. The highest BCUT2D eigenvalue weighted by Gasteiger charge is 2.51. The van der Waals surface area contributed by atoms with E-state index in [0.29, 0.717) is 5.92 Å². The van der Waals surface area contributed by atoms with Crippen molar-refractivity contribution in [3.63, 3.8) is 0 Å². The molecule has 0 aromatic carbocycles. The van der Waals surface area contributed by atoms with Crippen molar-refractivity contribution >= 4 is 6.29 Å². The van der Waals surface area contributed by atoms with Gasteiger partial charge in [-0.2, -0.15) is 0 Å². The van der Waals surface area contributed by atoms with Crippen LogP contribution in [-0.4, -0.2) is 18.9 Å². The largest absolute Gasteiger partial charge is 0.313 e. The van der Waals surface area contributed by atoms with Gasteiger partial charge >= 0.3 is 0 Å². The van der Waals surface area contributed by atoms with Crippen LogP contribution in [0.15, 0.2) is 0 Å². The van der Waals surface area contributed by atoms with E-state index in [0.717, 1.165) is 24.7 Å². The van der Waals surface area contributed by atoms with Crippen molar-refractivity contribution in [1.82, 2.24) is 5.32 Å². The molecular formula is C7H11NO. The molecule has 9 heavy (non-hydrogen) atoms. The van der Waals surface area contributed by atoms with Gasteiger partial charge in [-0.25, -0.2) is 0 Å². The van der Waals surface area contributed by atoms with Crippen molar-refractivity contribution in [2.75, 3.05) is 6.54 Å². The molecule has 1 unspecified atom stereocenters. The van der Waals surface area contributed by atoms with Gasteiger partial charge in [-0.1, -0.05) is 0 Å². The Hall–Kier alpha value is -0.370. The second kappa shape index (κ2) is 1.81. The average molecular weight is 125 g/mol. The zero-order valence-corrected chi connectivity index (χ0v) is 5.34. The zero-order valence-electron chi connectivity index (χ0n) is 5.34. The number of hydrogen-bond donors (Lipinski definition) is 1. The summed E-state index contributed by atoms with van der Waals surface area (Å²) >= 11 is 0. The van der Waals surface area contributed by atoms with Crippen LogP contribution in [0.3, 0.4) is 0 Å². The first-order valence-corrected chi connectivity index (χ1v) is 3.60. The predicted molar refractivity (Wildman–Crippen MR) is 34.1 cm³/mol. The lowest BCUT2D eigenvalue weighted by Crippen LogP contribution is -2.15. The van der Waals surface area contributed by atoms with Crippen LogP contribution >= 0.6 is 0 Å². The molecule has 0 radical (unpaired) electrons. The molecule has 0 aromatic heterocycles. The summed E-state index contributed by atoms with van der Waals surface area (Å²) in [5.74, 6) is 1.56. The van der Waals surface area contributed by atoms with E-state index in [2.05, 4.69) is 5.32 Å². The van der Waals surface area contributed by atoms with Gasteiger partial charge in [0, 0.05) is 12.5 Å². The van der Waals surface area contributed by atoms with Crippen molar-refractivity contribution in [2.24, 2.45) is 11.8 Å². The first-order chi connectivity index (χ1) is 4.43. The Morgan fingerprint density at radius 3 is 3.11 bits per heavy atom. The van der Waals surface area contributed by atoms with Crippen LogP contribution in [0.25, 0.3) is 0 Å². The Kier molecular flexibility index (Phi) is 1.09. The summed E-state index contributed by atoms with van der Waals surface area (Å²) in [6, 6.07) is 0.718. The van der Waals surface area contributed by atoms with Gasteiger partial charge in [0.05, 0.1) is 0 Å². The number of carbonyl (C=O) groups is 1. The quantitative estimate of drug-likeness (QED) is 0.533. The van der Waals surface area contributed by atoms with Gasteiger partial charge in [-0.3, -0.25) is 0 Å². The molecule has 1 aliphatic carbocycles. The van der Waals surface area contributed by atoms with Crippen molar-refractivity contribution in [3.05, 3.63) is 0 Å². The van der Waals surface area contributed by atoms with Crippen molar-refractivity contribution in [1.29, 1.82) is 0 Å². The summed E-state index contributed by atoms with van der Waals surface area (Å²) in [5, 5.41) is 3.37. The molecule has 1 heterocycles. The van der Waals surface area contributed by atoms with Gasteiger partial charge in [0.2, 0.25) is 0 Å². The van der Waals surface area contributed by atoms with Gasteiger partial charge in [-0.05, 0) is 24.8 Å². The molecule has 2 aliphatic rings. The molecule has 1 saturated carbocycles. The summed E-state index contributed by atoms with van der Waals surface area (Å²) < 4.78 is 0. The fraction of sp³-hybridized carbons (Fsp3) is 0.857. The maximum Gasteiger partial charge on any atom is 0.120 e. The fourth-order valence-corrected chi connectivity index (χ4v) is 1.99. The normalized spacial score (nSPS) is 46.4. The van der Waals surface area contributed by atoms with Crippen LogP contribution in [0, 0.1) is 11.8 Å². The van der Waals surface area contributed by atoms with E-state index < -0.39 is 0 Å². The number of nitrogens with one attached hydrogen (secondary N) is 1. The zero-order chi connectivity index (χ0) is 6.27. The SMILES string of the molecule is O=CCC1[C@H]2CCN[C@@H]12. The molecule has 2 fully saturated rings. The summed E-state index contributed by atoms with van der Waals surface area (Å²) in [4.78, 5) is 10.1. The van der Waals surface area contributed by atoms with Crippen LogP contribution in [0.1, 0.15) is 12.8 Å². The van der Waals surface area contributed by atoms with Crippen molar-refractivity contribution in [2.45, 2.75) is 18.9 Å². The summed E-state index contributed by atoms with van der Waals surface area (Å²) in [6.45, 7) is 1.17. The Bertz CT molecular complexity index is 125. The molecule has 1 aliphatic heterocycles. The van der Waals surface area contributed by atoms with Crippen molar-refractivity contribution in [3.8, 4) is 0 Å². The maximum atomic E-state index is 10.1. The minimum absolute atomic E-state index is 0.705. The summed E-state index contributed by atoms with van der Waals surface area (Å²) in [5.41, 5.74) is 0. The molecule has 0 bridgehead atoms. The monoisotopic (exact) mass is 125 g/mol. The molecule has 0 aromatic rings.